The van der Waals surface area contributed by atoms with Crippen molar-refractivity contribution in [2.75, 3.05) is 6.54 Å². The average Bonchev–Trinajstić information content (AvgIpc) is 2.51. The number of amidine groups is 1. The van der Waals surface area contributed by atoms with Crippen molar-refractivity contribution in [1.82, 2.24) is 5.32 Å². The fourth-order valence-corrected chi connectivity index (χ4v) is 1.80. The van der Waals surface area contributed by atoms with Crippen molar-refractivity contribution >= 4 is 5.84 Å². The second-order valence-electron chi connectivity index (χ2n) is 4.05. The number of nitrogens with zero attached hydrogens (tertiary/aromatic N) is 1. The molecule has 2 rings (SSSR count). The minimum atomic E-state index is 0.478. The molecule has 0 fully saturated rings. The summed E-state index contributed by atoms with van der Waals surface area (Å²) < 4.78 is 0. The van der Waals surface area contributed by atoms with Crippen molar-refractivity contribution in [3.63, 3.8) is 0 Å². The second-order valence-corrected chi connectivity index (χ2v) is 4.05. The highest BCUT2D eigenvalue weighted by molar-refractivity contribution is 6.01. The topological polar surface area (TPSA) is 24.4 Å². The van der Waals surface area contributed by atoms with Crippen molar-refractivity contribution in [3.8, 4) is 0 Å². The fraction of sp³-hybridized carbons (Fsp3) is 0.417. The first-order valence-corrected chi connectivity index (χ1v) is 5.05. The van der Waals surface area contributed by atoms with Crippen LogP contribution in [0, 0.1) is 13.8 Å². The molecule has 0 spiro atoms. The zero-order chi connectivity index (χ0) is 10.1. The molecule has 1 unspecified atom stereocenters. The molecule has 74 valence electrons. The number of aliphatic imine (C=N–C) groups is 1. The van der Waals surface area contributed by atoms with Crippen LogP contribution < -0.4 is 5.32 Å². The number of hydrogen-bond donors (Lipinski definition) is 1. The summed E-state index contributed by atoms with van der Waals surface area (Å²) in [7, 11) is 0. The number of aryl methyl sites for hydroxylation is 2. The van der Waals surface area contributed by atoms with Gasteiger partial charge in [0.1, 0.15) is 5.84 Å². The maximum atomic E-state index is 4.48. The Hall–Kier alpha value is -1.31. The van der Waals surface area contributed by atoms with Crippen LogP contribution in [-0.2, 0) is 0 Å². The van der Waals surface area contributed by atoms with E-state index in [-0.39, 0.29) is 0 Å². The fourth-order valence-electron chi connectivity index (χ4n) is 1.80. The molecule has 0 amide bonds. The van der Waals surface area contributed by atoms with Gasteiger partial charge in [-0.3, -0.25) is 4.99 Å². The van der Waals surface area contributed by atoms with Crippen LogP contribution in [0.1, 0.15) is 23.6 Å². The van der Waals surface area contributed by atoms with Crippen LogP contribution in [0.4, 0.5) is 0 Å². The molecule has 1 aromatic carbocycles. The SMILES string of the molecule is Cc1ccc(C2=NCC(C)N2)c(C)c1. The minimum absolute atomic E-state index is 0.478. The molecule has 0 bridgehead atoms. The lowest BCUT2D eigenvalue weighted by atomic mass is 10.1. The van der Waals surface area contributed by atoms with E-state index in [2.05, 4.69) is 49.3 Å². The molecule has 1 heterocycles. The molecule has 1 aliphatic rings. The number of hydrogen-bond acceptors (Lipinski definition) is 2. The normalized spacial score (nSPS) is 20.5. The predicted octanol–water partition coefficient (Wildman–Crippen LogP) is 2.04. The molecule has 1 atom stereocenters. The molecule has 0 saturated heterocycles. The Bertz CT molecular complexity index is 380. The van der Waals surface area contributed by atoms with Gasteiger partial charge in [0.15, 0.2) is 0 Å². The lowest BCUT2D eigenvalue weighted by molar-refractivity contribution is 0.726. The standard InChI is InChI=1S/C12H16N2/c1-8-4-5-11(9(2)6-8)12-13-7-10(3)14-12/h4-6,10H,7H2,1-3H3,(H,13,14). The Morgan fingerprint density at radius 1 is 1.36 bits per heavy atom. The Kier molecular flexibility index (Phi) is 2.28. The summed E-state index contributed by atoms with van der Waals surface area (Å²) in [5, 5.41) is 3.38. The lowest BCUT2D eigenvalue weighted by Gasteiger charge is -2.09. The van der Waals surface area contributed by atoms with Crippen LogP contribution in [0.2, 0.25) is 0 Å². The summed E-state index contributed by atoms with van der Waals surface area (Å²) in [5.74, 6) is 1.05. The first-order chi connectivity index (χ1) is 6.66. The van der Waals surface area contributed by atoms with Gasteiger partial charge in [0.25, 0.3) is 0 Å². The smallest absolute Gasteiger partial charge is 0.128 e. The van der Waals surface area contributed by atoms with Gasteiger partial charge in [-0.25, -0.2) is 0 Å². The predicted molar refractivity (Wildman–Crippen MR) is 59.9 cm³/mol. The Labute approximate surface area is 85.1 Å². The number of benzene rings is 1. The van der Waals surface area contributed by atoms with Gasteiger partial charge in [0.05, 0.1) is 6.54 Å². The van der Waals surface area contributed by atoms with Gasteiger partial charge in [-0.2, -0.15) is 0 Å². The molecule has 0 saturated carbocycles. The highest BCUT2D eigenvalue weighted by Crippen LogP contribution is 2.13. The third-order valence-electron chi connectivity index (χ3n) is 2.54. The van der Waals surface area contributed by atoms with E-state index in [9.17, 15) is 0 Å². The van der Waals surface area contributed by atoms with Gasteiger partial charge in [-0.1, -0.05) is 23.8 Å². The van der Waals surface area contributed by atoms with Crippen LogP contribution in [0.3, 0.4) is 0 Å². The van der Waals surface area contributed by atoms with E-state index in [1.54, 1.807) is 0 Å². The molecule has 2 heteroatoms. The minimum Gasteiger partial charge on any atom is -0.366 e. The summed E-state index contributed by atoms with van der Waals surface area (Å²) in [5.41, 5.74) is 3.84. The summed E-state index contributed by atoms with van der Waals surface area (Å²) in [6, 6.07) is 6.96. The zero-order valence-corrected chi connectivity index (χ0v) is 8.96. The van der Waals surface area contributed by atoms with Crippen LogP contribution in [0.15, 0.2) is 23.2 Å². The van der Waals surface area contributed by atoms with E-state index >= 15 is 0 Å². The highest BCUT2D eigenvalue weighted by atomic mass is 15.1. The molecule has 0 aliphatic carbocycles. The van der Waals surface area contributed by atoms with Crippen LogP contribution in [-0.4, -0.2) is 18.4 Å². The van der Waals surface area contributed by atoms with Crippen molar-refractivity contribution in [2.45, 2.75) is 26.8 Å². The van der Waals surface area contributed by atoms with Crippen LogP contribution >= 0.6 is 0 Å². The number of nitrogens with one attached hydrogen (secondary N) is 1. The molecule has 14 heavy (non-hydrogen) atoms. The van der Waals surface area contributed by atoms with E-state index in [4.69, 9.17) is 0 Å². The first kappa shape index (κ1) is 9.25. The van der Waals surface area contributed by atoms with Gasteiger partial charge in [0, 0.05) is 11.6 Å². The lowest BCUT2D eigenvalue weighted by Crippen LogP contribution is -2.28. The van der Waals surface area contributed by atoms with E-state index in [1.165, 1.54) is 16.7 Å². The van der Waals surface area contributed by atoms with Crippen molar-refractivity contribution < 1.29 is 0 Å². The Balaban J connectivity index is 2.33. The van der Waals surface area contributed by atoms with Gasteiger partial charge in [0.2, 0.25) is 0 Å². The van der Waals surface area contributed by atoms with E-state index in [0.29, 0.717) is 6.04 Å². The largest absolute Gasteiger partial charge is 0.366 e. The quantitative estimate of drug-likeness (QED) is 0.716. The molecular weight excluding hydrogens is 172 g/mol. The molecule has 0 aromatic heterocycles. The summed E-state index contributed by atoms with van der Waals surface area (Å²) in [6.45, 7) is 7.29. The van der Waals surface area contributed by atoms with Crippen molar-refractivity contribution in [2.24, 2.45) is 4.99 Å². The third kappa shape index (κ3) is 1.65. The monoisotopic (exact) mass is 188 g/mol. The maximum absolute atomic E-state index is 4.48. The molecule has 2 nitrogen and oxygen atoms in total. The summed E-state index contributed by atoms with van der Waals surface area (Å²) in [4.78, 5) is 4.48. The van der Waals surface area contributed by atoms with Gasteiger partial charge >= 0.3 is 0 Å². The van der Waals surface area contributed by atoms with Crippen LogP contribution in [0.5, 0.6) is 0 Å². The summed E-state index contributed by atoms with van der Waals surface area (Å²) in [6.07, 6.45) is 0. The van der Waals surface area contributed by atoms with Gasteiger partial charge in [-0.15, -0.1) is 0 Å². The Morgan fingerprint density at radius 3 is 2.71 bits per heavy atom. The highest BCUT2D eigenvalue weighted by Gasteiger charge is 2.15. The molecule has 1 aromatic rings. The molecule has 1 N–H and O–H groups in total. The molecule has 0 radical (unpaired) electrons. The van der Waals surface area contributed by atoms with Crippen molar-refractivity contribution in [1.29, 1.82) is 0 Å². The molecule has 1 aliphatic heterocycles. The number of rotatable bonds is 1. The van der Waals surface area contributed by atoms with Gasteiger partial charge < -0.3 is 5.32 Å². The zero-order valence-electron chi connectivity index (χ0n) is 8.96. The van der Waals surface area contributed by atoms with E-state index in [1.807, 2.05) is 0 Å². The van der Waals surface area contributed by atoms with E-state index < -0.39 is 0 Å². The molecular formula is C12H16N2. The van der Waals surface area contributed by atoms with Gasteiger partial charge in [-0.05, 0) is 26.3 Å². The average molecular weight is 188 g/mol. The van der Waals surface area contributed by atoms with Crippen LogP contribution in [0.25, 0.3) is 0 Å². The third-order valence-corrected chi connectivity index (χ3v) is 2.54. The maximum Gasteiger partial charge on any atom is 0.128 e. The first-order valence-electron chi connectivity index (χ1n) is 5.05. The van der Waals surface area contributed by atoms with Crippen molar-refractivity contribution in [3.05, 3.63) is 34.9 Å². The van der Waals surface area contributed by atoms with E-state index in [0.717, 1.165) is 12.4 Å². The Morgan fingerprint density at radius 2 is 2.14 bits per heavy atom. The summed E-state index contributed by atoms with van der Waals surface area (Å²) >= 11 is 0. The second kappa shape index (κ2) is 3.45.